The normalized spacial score (nSPS) is 25.7. The largest absolute Gasteiger partial charge is 0.463 e. The third-order valence-corrected chi connectivity index (χ3v) is 9.12. The van der Waals surface area contributed by atoms with Crippen LogP contribution in [-0.2, 0) is 44.5 Å². The number of aliphatic hydroxyl groups excluding tert-OH is 1. The number of amides is 3. The Hall–Kier alpha value is -3.75. The number of cyclic esters (lactones) is 2. The number of nitrogens with zero attached hydrogens (tertiary/aromatic N) is 1. The molecule has 1 saturated carbocycles. The third-order valence-electron chi connectivity index (χ3n) is 9.12. The zero-order valence-corrected chi connectivity index (χ0v) is 29.5. The molecule has 0 spiro atoms. The van der Waals surface area contributed by atoms with Crippen LogP contribution in [0.5, 0.6) is 0 Å². The van der Waals surface area contributed by atoms with Gasteiger partial charge in [0.15, 0.2) is 6.10 Å². The van der Waals surface area contributed by atoms with Crippen LogP contribution in [0.3, 0.4) is 0 Å². The van der Waals surface area contributed by atoms with E-state index in [1.807, 2.05) is 6.07 Å². The number of benzene rings is 1. The van der Waals surface area contributed by atoms with Crippen molar-refractivity contribution in [2.45, 2.75) is 114 Å². The van der Waals surface area contributed by atoms with Crippen molar-refractivity contribution in [2.24, 2.45) is 5.92 Å². The summed E-state index contributed by atoms with van der Waals surface area (Å²) < 4.78 is 22.1. The summed E-state index contributed by atoms with van der Waals surface area (Å²) in [6.07, 6.45) is 2.12. The van der Waals surface area contributed by atoms with Gasteiger partial charge in [0.05, 0.1) is 19.3 Å². The molecule has 3 aliphatic rings. The smallest absolute Gasteiger partial charge is 0.408 e. The second-order valence-electron chi connectivity index (χ2n) is 14.4. The summed E-state index contributed by atoms with van der Waals surface area (Å²) in [6, 6.07) is 5.46. The van der Waals surface area contributed by atoms with Gasteiger partial charge < -0.3 is 40.0 Å². The van der Waals surface area contributed by atoms with Crippen molar-refractivity contribution < 1.29 is 48.0 Å². The fourth-order valence-electron chi connectivity index (χ4n) is 6.48. The van der Waals surface area contributed by atoms with Crippen LogP contribution < -0.4 is 16.0 Å². The fraction of sp³-hybridized carbons (Fsp3) is 0.694. The average Bonchev–Trinajstić information content (AvgIpc) is 3.08. The van der Waals surface area contributed by atoms with Crippen LogP contribution in [-0.4, -0.2) is 115 Å². The number of carbonyl (C=O) groups is 5. The molecule has 1 aromatic carbocycles. The molecule has 4 rings (SSSR count). The highest BCUT2D eigenvalue weighted by molar-refractivity contribution is 5.92. The number of morpholine rings is 1. The molecule has 0 bridgehead atoms. The molecular formula is C36H54N4O10. The number of nitrogens with one attached hydrogen (secondary N) is 3. The molecule has 2 aliphatic heterocycles. The first-order chi connectivity index (χ1) is 23.9. The van der Waals surface area contributed by atoms with E-state index < -0.39 is 72.4 Å². The van der Waals surface area contributed by atoms with E-state index in [1.54, 1.807) is 45.0 Å². The second-order valence-corrected chi connectivity index (χ2v) is 14.4. The van der Waals surface area contributed by atoms with Gasteiger partial charge in [0.2, 0.25) is 11.8 Å². The topological polar surface area (TPSA) is 182 Å². The molecule has 14 nitrogen and oxygen atoms in total. The molecule has 1 aromatic rings. The summed E-state index contributed by atoms with van der Waals surface area (Å²) in [7, 11) is 0. The standard InChI is InChI=1S/C36H54N4O10/c1-36(2,3)50-35(46)39-28(21-25-12-8-5-9-13-25)32(43)38-29-23-48-30(41)15-14-26(22-40-16-18-47-19-17-40)49-34(45)31(42)27(37-33(29)44)20-24-10-6-4-7-11-24/h5,8-9,12-13,24,26-29,31,42H,4,6-7,10-11,14-23H2,1-3H3,(H,37,44)(H,38,43)(H,39,46)/t26?,27?,28-,29?,31+/m0/s1. The molecule has 278 valence electrons. The van der Waals surface area contributed by atoms with E-state index in [0.29, 0.717) is 39.3 Å². The quantitative estimate of drug-likeness (QED) is 0.218. The molecule has 3 fully saturated rings. The van der Waals surface area contributed by atoms with E-state index in [1.165, 1.54) is 0 Å². The lowest BCUT2D eigenvalue weighted by atomic mass is 9.83. The van der Waals surface area contributed by atoms with E-state index in [0.717, 1.165) is 37.7 Å². The van der Waals surface area contributed by atoms with Gasteiger partial charge in [0, 0.05) is 32.5 Å². The van der Waals surface area contributed by atoms with Crippen molar-refractivity contribution in [3.8, 4) is 0 Å². The SMILES string of the molecule is CC(C)(C)OC(=O)N[C@@H](Cc1ccccc1)C(=O)NC1COC(=O)CCC(CN2CCOCC2)OC(=O)[C@H](O)C(CC2CCCCC2)NC1=O. The Labute approximate surface area is 294 Å². The lowest BCUT2D eigenvalue weighted by Gasteiger charge is -2.32. The summed E-state index contributed by atoms with van der Waals surface area (Å²) in [5.74, 6) is -2.84. The number of carbonyl (C=O) groups excluding carboxylic acids is 5. The minimum absolute atomic E-state index is 0.0828. The maximum absolute atomic E-state index is 13.9. The maximum Gasteiger partial charge on any atom is 0.408 e. The van der Waals surface area contributed by atoms with Gasteiger partial charge in [0.1, 0.15) is 30.4 Å². The Morgan fingerprint density at radius 3 is 2.42 bits per heavy atom. The zero-order chi connectivity index (χ0) is 36.1. The van der Waals surface area contributed by atoms with Gasteiger partial charge in [-0.2, -0.15) is 0 Å². The Bertz CT molecular complexity index is 1280. The highest BCUT2D eigenvalue weighted by atomic mass is 16.6. The van der Waals surface area contributed by atoms with Crippen molar-refractivity contribution in [2.75, 3.05) is 39.5 Å². The molecule has 14 heteroatoms. The summed E-state index contributed by atoms with van der Waals surface area (Å²) in [6.45, 7) is 7.28. The minimum Gasteiger partial charge on any atom is -0.463 e. The molecule has 2 saturated heterocycles. The summed E-state index contributed by atoms with van der Waals surface area (Å²) in [5.41, 5.74) is -0.0790. The van der Waals surface area contributed by atoms with Gasteiger partial charge in [0.25, 0.3) is 0 Å². The molecular weight excluding hydrogens is 648 g/mol. The minimum atomic E-state index is -1.68. The molecule has 0 radical (unpaired) electrons. The highest BCUT2D eigenvalue weighted by Gasteiger charge is 2.37. The van der Waals surface area contributed by atoms with Crippen LogP contribution in [0.1, 0.15) is 77.7 Å². The van der Waals surface area contributed by atoms with Gasteiger partial charge in [-0.05, 0) is 45.1 Å². The van der Waals surface area contributed by atoms with Gasteiger partial charge in [-0.25, -0.2) is 9.59 Å². The number of hydrogen-bond donors (Lipinski definition) is 4. The van der Waals surface area contributed by atoms with Crippen molar-refractivity contribution in [3.05, 3.63) is 35.9 Å². The van der Waals surface area contributed by atoms with E-state index in [2.05, 4.69) is 20.9 Å². The average molecular weight is 703 g/mol. The van der Waals surface area contributed by atoms with Crippen LogP contribution in [0.25, 0.3) is 0 Å². The number of aliphatic hydroxyl groups is 1. The molecule has 3 unspecified atom stereocenters. The van der Waals surface area contributed by atoms with Crippen LogP contribution in [0.2, 0.25) is 0 Å². The summed E-state index contributed by atoms with van der Waals surface area (Å²) in [5, 5.41) is 19.4. The van der Waals surface area contributed by atoms with Crippen LogP contribution >= 0.6 is 0 Å². The second kappa shape index (κ2) is 19.0. The highest BCUT2D eigenvalue weighted by Crippen LogP contribution is 2.28. The van der Waals surface area contributed by atoms with Gasteiger partial charge in [-0.1, -0.05) is 62.4 Å². The van der Waals surface area contributed by atoms with Gasteiger partial charge >= 0.3 is 18.0 Å². The van der Waals surface area contributed by atoms with Gasteiger partial charge in [-0.3, -0.25) is 19.3 Å². The van der Waals surface area contributed by atoms with Crippen LogP contribution in [0, 0.1) is 5.92 Å². The van der Waals surface area contributed by atoms with Crippen molar-refractivity contribution in [1.29, 1.82) is 0 Å². The summed E-state index contributed by atoms with van der Waals surface area (Å²) >= 11 is 0. The predicted molar refractivity (Wildman–Crippen MR) is 182 cm³/mol. The monoisotopic (exact) mass is 702 g/mol. The third kappa shape index (κ3) is 13.2. The Kier molecular flexibility index (Phi) is 14.9. The van der Waals surface area contributed by atoms with E-state index in [9.17, 15) is 29.1 Å². The van der Waals surface area contributed by atoms with E-state index >= 15 is 0 Å². The maximum atomic E-state index is 13.9. The fourth-order valence-corrected chi connectivity index (χ4v) is 6.48. The summed E-state index contributed by atoms with van der Waals surface area (Å²) in [4.78, 5) is 68.8. The lowest BCUT2D eigenvalue weighted by molar-refractivity contribution is -0.164. The Morgan fingerprint density at radius 1 is 1.04 bits per heavy atom. The molecule has 2 heterocycles. The molecule has 3 amide bonds. The van der Waals surface area contributed by atoms with Crippen molar-refractivity contribution in [1.82, 2.24) is 20.9 Å². The van der Waals surface area contributed by atoms with Gasteiger partial charge in [-0.15, -0.1) is 0 Å². The number of hydrogen-bond acceptors (Lipinski definition) is 11. The number of esters is 2. The zero-order valence-electron chi connectivity index (χ0n) is 29.5. The predicted octanol–water partition coefficient (Wildman–Crippen LogP) is 2.00. The molecule has 50 heavy (non-hydrogen) atoms. The van der Waals surface area contributed by atoms with E-state index in [4.69, 9.17) is 18.9 Å². The first-order valence-corrected chi connectivity index (χ1v) is 17.8. The number of ether oxygens (including phenoxy) is 4. The molecule has 4 N–H and O–H groups in total. The van der Waals surface area contributed by atoms with Crippen LogP contribution in [0.4, 0.5) is 4.79 Å². The molecule has 5 atom stereocenters. The first kappa shape index (κ1) is 39.0. The van der Waals surface area contributed by atoms with Crippen molar-refractivity contribution in [3.63, 3.8) is 0 Å². The Morgan fingerprint density at radius 2 is 1.74 bits per heavy atom. The lowest BCUT2D eigenvalue weighted by Crippen LogP contribution is -2.59. The first-order valence-electron chi connectivity index (χ1n) is 17.8. The number of rotatable bonds is 9. The Balaban J connectivity index is 1.55. The number of alkyl carbamates (subject to hydrolysis) is 1. The molecule has 1 aliphatic carbocycles. The van der Waals surface area contributed by atoms with Crippen molar-refractivity contribution >= 4 is 29.8 Å². The van der Waals surface area contributed by atoms with E-state index in [-0.39, 0.29) is 25.2 Å². The molecule has 0 aromatic heterocycles. The van der Waals surface area contributed by atoms with Crippen LogP contribution in [0.15, 0.2) is 30.3 Å².